The summed E-state index contributed by atoms with van der Waals surface area (Å²) in [5, 5.41) is 0. The van der Waals surface area contributed by atoms with E-state index in [1.807, 2.05) is 72.9 Å². The van der Waals surface area contributed by atoms with E-state index in [1.165, 1.54) is 0 Å². The first kappa shape index (κ1) is 20.6. The number of ketones is 1. The maximum Gasteiger partial charge on any atom is 0.324 e. The van der Waals surface area contributed by atoms with Crippen molar-refractivity contribution in [2.24, 2.45) is 5.41 Å². The zero-order valence-electron chi connectivity index (χ0n) is 17.5. The van der Waals surface area contributed by atoms with Gasteiger partial charge in [0.25, 0.3) is 0 Å². The summed E-state index contributed by atoms with van der Waals surface area (Å²) in [6.45, 7) is 2.63. The normalized spacial score (nSPS) is 18.4. The van der Waals surface area contributed by atoms with Gasteiger partial charge in [-0.25, -0.2) is 0 Å². The summed E-state index contributed by atoms with van der Waals surface area (Å²) >= 11 is 0. The average Bonchev–Trinajstić information content (AvgIpc) is 3.55. The first-order valence-corrected chi connectivity index (χ1v) is 10.5. The second-order valence-corrected chi connectivity index (χ2v) is 7.60. The van der Waals surface area contributed by atoms with Crippen LogP contribution in [0.1, 0.15) is 29.3 Å². The van der Waals surface area contributed by atoms with Gasteiger partial charge >= 0.3 is 5.97 Å². The van der Waals surface area contributed by atoms with Crippen molar-refractivity contribution in [2.45, 2.75) is 19.9 Å². The third-order valence-electron chi connectivity index (χ3n) is 5.52. The predicted molar refractivity (Wildman–Crippen MR) is 122 cm³/mol. The number of carbonyl (C=O) groups excluding carboxylic acids is 2. The van der Waals surface area contributed by atoms with Gasteiger partial charge in [0.2, 0.25) is 0 Å². The third-order valence-corrected chi connectivity index (χ3v) is 5.52. The van der Waals surface area contributed by atoms with Crippen LogP contribution in [0.25, 0.3) is 0 Å². The lowest BCUT2D eigenvalue weighted by atomic mass is 9.93. The number of ether oxygens (including phenoxy) is 1. The summed E-state index contributed by atoms with van der Waals surface area (Å²) < 4.78 is 5.33. The topological polar surface area (TPSA) is 46.6 Å². The van der Waals surface area contributed by atoms with Crippen LogP contribution in [0.3, 0.4) is 0 Å². The van der Waals surface area contributed by atoms with Crippen LogP contribution in [0.5, 0.6) is 0 Å². The van der Waals surface area contributed by atoms with Gasteiger partial charge in [-0.3, -0.25) is 9.59 Å². The zero-order valence-corrected chi connectivity index (χ0v) is 17.5. The number of para-hydroxylation sites is 1. The second kappa shape index (κ2) is 9.00. The minimum absolute atomic E-state index is 0.203. The van der Waals surface area contributed by atoms with Crippen molar-refractivity contribution in [3.05, 3.63) is 114 Å². The van der Waals surface area contributed by atoms with E-state index in [0.29, 0.717) is 18.5 Å². The largest absolute Gasteiger partial charge is 0.465 e. The number of hydrogen-bond acceptors (Lipinski definition) is 4. The molecule has 1 fully saturated rings. The molecule has 3 aromatic carbocycles. The lowest BCUT2D eigenvalue weighted by molar-refractivity contribution is -0.146. The number of anilines is 1. The Morgan fingerprint density at radius 2 is 1.48 bits per heavy atom. The summed E-state index contributed by atoms with van der Waals surface area (Å²) in [4.78, 5) is 28.4. The minimum atomic E-state index is -1.24. The molecule has 1 aliphatic rings. The standard InChI is InChI=1S/C27H25NO3/c1-2-31-26(30)27(25(29)22-14-8-4-9-15-22)18-23(27)20-28(24-16-10-5-11-17-24)19-21-12-6-3-7-13-21/h3-17,20H,2,18-19H2,1H3/b23-20+. The number of rotatable bonds is 8. The van der Waals surface area contributed by atoms with E-state index in [-0.39, 0.29) is 12.4 Å². The molecule has 1 aliphatic carbocycles. The zero-order chi connectivity index (χ0) is 21.7. The number of benzene rings is 3. The Hall–Kier alpha value is -3.66. The number of hydrogen-bond donors (Lipinski definition) is 0. The fourth-order valence-corrected chi connectivity index (χ4v) is 3.81. The van der Waals surface area contributed by atoms with E-state index in [1.54, 1.807) is 19.1 Å². The average molecular weight is 412 g/mol. The van der Waals surface area contributed by atoms with Crippen LogP contribution in [0.15, 0.2) is 103 Å². The highest BCUT2D eigenvalue weighted by molar-refractivity contribution is 6.19. The Kier molecular flexibility index (Phi) is 5.99. The summed E-state index contributed by atoms with van der Waals surface area (Å²) in [6.07, 6.45) is 2.32. The van der Waals surface area contributed by atoms with Crippen molar-refractivity contribution in [1.29, 1.82) is 0 Å². The maximum atomic E-state index is 13.4. The first-order valence-electron chi connectivity index (χ1n) is 10.5. The number of esters is 1. The van der Waals surface area contributed by atoms with E-state index in [2.05, 4.69) is 17.0 Å². The highest BCUT2D eigenvalue weighted by Gasteiger charge is 2.63. The van der Waals surface area contributed by atoms with Crippen LogP contribution in [-0.2, 0) is 16.1 Å². The summed E-state index contributed by atoms with van der Waals surface area (Å²) in [5.74, 6) is -0.673. The lowest BCUT2D eigenvalue weighted by Crippen LogP contribution is -2.29. The van der Waals surface area contributed by atoms with Gasteiger partial charge in [0.05, 0.1) is 6.61 Å². The Morgan fingerprint density at radius 1 is 0.903 bits per heavy atom. The Labute approximate surface area is 182 Å². The van der Waals surface area contributed by atoms with Gasteiger partial charge in [-0.15, -0.1) is 0 Å². The molecule has 0 aliphatic heterocycles. The molecule has 1 unspecified atom stereocenters. The van der Waals surface area contributed by atoms with E-state index < -0.39 is 11.4 Å². The van der Waals surface area contributed by atoms with Gasteiger partial charge in [-0.2, -0.15) is 0 Å². The van der Waals surface area contributed by atoms with Gasteiger partial charge in [0.1, 0.15) is 0 Å². The van der Waals surface area contributed by atoms with E-state index >= 15 is 0 Å². The number of Topliss-reactive ketones (excluding diaryl/α,β-unsaturated/α-hetero) is 1. The summed E-state index contributed by atoms with van der Waals surface area (Å²) in [7, 11) is 0. The van der Waals surface area contributed by atoms with E-state index in [9.17, 15) is 9.59 Å². The van der Waals surface area contributed by atoms with Gasteiger partial charge in [0.15, 0.2) is 11.2 Å². The molecule has 4 nitrogen and oxygen atoms in total. The first-order chi connectivity index (χ1) is 15.1. The van der Waals surface area contributed by atoms with Crippen LogP contribution in [0.2, 0.25) is 0 Å². The van der Waals surface area contributed by atoms with Crippen molar-refractivity contribution < 1.29 is 14.3 Å². The Balaban J connectivity index is 1.71. The van der Waals surface area contributed by atoms with Gasteiger partial charge < -0.3 is 9.64 Å². The van der Waals surface area contributed by atoms with Gasteiger partial charge in [-0.1, -0.05) is 78.9 Å². The number of carbonyl (C=O) groups is 2. The molecule has 0 bridgehead atoms. The molecule has 0 N–H and O–H groups in total. The quantitative estimate of drug-likeness (QED) is 0.282. The van der Waals surface area contributed by atoms with Gasteiger partial charge in [-0.05, 0) is 36.6 Å². The second-order valence-electron chi connectivity index (χ2n) is 7.60. The summed E-state index contributed by atoms with van der Waals surface area (Å²) in [6, 6.07) is 29.1. The smallest absolute Gasteiger partial charge is 0.324 e. The molecule has 31 heavy (non-hydrogen) atoms. The highest BCUT2D eigenvalue weighted by Crippen LogP contribution is 2.55. The molecule has 0 aromatic heterocycles. The van der Waals surface area contributed by atoms with Crippen LogP contribution in [0, 0.1) is 5.41 Å². The molecular weight excluding hydrogens is 386 g/mol. The Bertz CT molecular complexity index is 1080. The molecule has 4 rings (SSSR count). The van der Waals surface area contributed by atoms with Crippen LogP contribution >= 0.6 is 0 Å². The SMILES string of the molecule is CCOC(=O)C1(C(=O)c2ccccc2)C/C1=C\N(Cc1ccccc1)c1ccccc1. The fourth-order valence-electron chi connectivity index (χ4n) is 3.81. The van der Waals surface area contributed by atoms with Gasteiger partial charge in [0, 0.05) is 24.0 Å². The molecule has 0 saturated heterocycles. The van der Waals surface area contributed by atoms with Crippen molar-refractivity contribution in [3.63, 3.8) is 0 Å². The molecule has 0 radical (unpaired) electrons. The number of nitrogens with zero attached hydrogens (tertiary/aromatic N) is 1. The molecule has 4 heteroatoms. The third kappa shape index (κ3) is 4.29. The monoisotopic (exact) mass is 411 g/mol. The molecular formula is C27H25NO3. The van der Waals surface area contributed by atoms with Crippen LogP contribution in [0.4, 0.5) is 5.69 Å². The van der Waals surface area contributed by atoms with E-state index in [4.69, 9.17) is 4.74 Å². The van der Waals surface area contributed by atoms with Crippen molar-refractivity contribution in [3.8, 4) is 0 Å². The predicted octanol–water partition coefficient (Wildman–Crippen LogP) is 5.41. The molecule has 0 spiro atoms. The summed E-state index contributed by atoms with van der Waals surface area (Å²) in [5.41, 5.74) is 2.20. The molecule has 1 atom stereocenters. The maximum absolute atomic E-state index is 13.4. The molecule has 0 heterocycles. The van der Waals surface area contributed by atoms with Crippen molar-refractivity contribution in [1.82, 2.24) is 0 Å². The lowest BCUT2D eigenvalue weighted by Gasteiger charge is -2.21. The van der Waals surface area contributed by atoms with Crippen LogP contribution < -0.4 is 4.90 Å². The van der Waals surface area contributed by atoms with Crippen molar-refractivity contribution >= 4 is 17.4 Å². The van der Waals surface area contributed by atoms with E-state index in [0.717, 1.165) is 16.8 Å². The highest BCUT2D eigenvalue weighted by atomic mass is 16.5. The van der Waals surface area contributed by atoms with Crippen LogP contribution in [-0.4, -0.2) is 18.4 Å². The Morgan fingerprint density at radius 3 is 2.10 bits per heavy atom. The van der Waals surface area contributed by atoms with Crippen molar-refractivity contribution in [2.75, 3.05) is 11.5 Å². The minimum Gasteiger partial charge on any atom is -0.465 e. The molecule has 3 aromatic rings. The fraction of sp³-hybridized carbons (Fsp3) is 0.185. The molecule has 156 valence electrons. The molecule has 0 amide bonds. The molecule has 1 saturated carbocycles.